The lowest BCUT2D eigenvalue weighted by molar-refractivity contribution is -0.136. The fourth-order valence-corrected chi connectivity index (χ4v) is 4.34. The first-order valence-electron chi connectivity index (χ1n) is 5.56. The van der Waals surface area contributed by atoms with Crippen molar-refractivity contribution in [2.45, 2.75) is 10.6 Å². The van der Waals surface area contributed by atoms with E-state index in [1.54, 1.807) is 12.1 Å². The first-order valence-corrected chi connectivity index (χ1v) is 9.03. The van der Waals surface area contributed by atoms with E-state index in [2.05, 4.69) is 20.7 Å². The topological polar surface area (TPSA) is 83.5 Å². The molecule has 0 bridgehead atoms. The standard InChI is InChI=1S/C12H9BrClNO4S2/c13-9-3-1-7(5-10(9)14)15-21(18,19)12-4-2-8(20-12)6-11(16)17/h1-5,15H,6H2,(H,16,17). The molecule has 112 valence electrons. The van der Waals surface area contributed by atoms with Crippen molar-refractivity contribution in [1.82, 2.24) is 0 Å². The molecule has 0 saturated carbocycles. The lowest BCUT2D eigenvalue weighted by Gasteiger charge is -2.07. The first kappa shape index (κ1) is 16.3. The van der Waals surface area contributed by atoms with Gasteiger partial charge in [-0.25, -0.2) is 8.42 Å². The quantitative estimate of drug-likeness (QED) is 0.789. The van der Waals surface area contributed by atoms with Crippen molar-refractivity contribution < 1.29 is 18.3 Å². The highest BCUT2D eigenvalue weighted by atomic mass is 79.9. The summed E-state index contributed by atoms with van der Waals surface area (Å²) in [5.41, 5.74) is 0.330. The molecule has 5 nitrogen and oxygen atoms in total. The van der Waals surface area contributed by atoms with Gasteiger partial charge in [0.05, 0.1) is 17.1 Å². The van der Waals surface area contributed by atoms with Gasteiger partial charge in [-0.3, -0.25) is 9.52 Å². The number of halogens is 2. The van der Waals surface area contributed by atoms with E-state index in [4.69, 9.17) is 16.7 Å². The monoisotopic (exact) mass is 409 g/mol. The third-order valence-corrected chi connectivity index (χ3v) is 6.59. The Morgan fingerprint density at radius 1 is 1.33 bits per heavy atom. The Kier molecular flexibility index (Phi) is 4.92. The smallest absolute Gasteiger partial charge is 0.308 e. The summed E-state index contributed by atoms with van der Waals surface area (Å²) in [6.45, 7) is 0. The normalized spacial score (nSPS) is 11.3. The van der Waals surface area contributed by atoms with Crippen LogP contribution in [0.1, 0.15) is 4.88 Å². The zero-order valence-electron chi connectivity index (χ0n) is 10.3. The molecule has 0 fully saturated rings. The fraction of sp³-hybridized carbons (Fsp3) is 0.0833. The molecular formula is C12H9BrClNO4S2. The number of carbonyl (C=O) groups is 1. The Hall–Kier alpha value is -1.09. The molecule has 1 aromatic carbocycles. The Morgan fingerprint density at radius 3 is 2.67 bits per heavy atom. The lowest BCUT2D eigenvalue weighted by atomic mass is 10.3. The van der Waals surface area contributed by atoms with E-state index in [0.717, 1.165) is 11.3 Å². The number of carboxylic acids is 1. The van der Waals surface area contributed by atoms with Crippen molar-refractivity contribution in [1.29, 1.82) is 0 Å². The number of anilines is 1. The molecule has 2 aromatic rings. The molecule has 9 heteroatoms. The number of carboxylic acid groups (broad SMARTS) is 1. The molecule has 0 atom stereocenters. The first-order chi connectivity index (χ1) is 9.78. The van der Waals surface area contributed by atoms with Crippen LogP contribution in [-0.2, 0) is 21.2 Å². The maximum absolute atomic E-state index is 12.2. The molecule has 2 rings (SSSR count). The Labute approximate surface area is 138 Å². The van der Waals surface area contributed by atoms with Crippen molar-refractivity contribution in [3.05, 3.63) is 44.7 Å². The van der Waals surface area contributed by atoms with Crippen LogP contribution in [0.4, 0.5) is 5.69 Å². The average Bonchev–Trinajstić information content (AvgIpc) is 2.82. The maximum atomic E-state index is 12.2. The molecule has 0 radical (unpaired) electrons. The molecule has 2 N–H and O–H groups in total. The zero-order chi connectivity index (χ0) is 15.6. The van der Waals surface area contributed by atoms with Crippen LogP contribution in [0, 0.1) is 0 Å². The molecule has 1 heterocycles. The summed E-state index contributed by atoms with van der Waals surface area (Å²) in [4.78, 5) is 11.1. The zero-order valence-corrected chi connectivity index (χ0v) is 14.3. The molecule has 0 spiro atoms. The molecule has 21 heavy (non-hydrogen) atoms. The van der Waals surface area contributed by atoms with Gasteiger partial charge in [0.2, 0.25) is 0 Å². The van der Waals surface area contributed by atoms with Crippen LogP contribution in [0.25, 0.3) is 0 Å². The number of sulfonamides is 1. The van der Waals surface area contributed by atoms with Crippen LogP contribution >= 0.6 is 38.9 Å². The van der Waals surface area contributed by atoms with Crippen molar-refractivity contribution in [3.8, 4) is 0 Å². The van der Waals surface area contributed by atoms with Gasteiger partial charge in [0.15, 0.2) is 0 Å². The van der Waals surface area contributed by atoms with Crippen LogP contribution in [0.2, 0.25) is 5.02 Å². The van der Waals surface area contributed by atoms with E-state index in [-0.39, 0.29) is 10.6 Å². The van der Waals surface area contributed by atoms with E-state index in [9.17, 15) is 13.2 Å². The van der Waals surface area contributed by atoms with E-state index in [1.807, 2.05) is 0 Å². The van der Waals surface area contributed by atoms with Gasteiger partial charge in [0, 0.05) is 9.35 Å². The van der Waals surface area contributed by atoms with Crippen LogP contribution in [-0.4, -0.2) is 19.5 Å². The highest BCUT2D eigenvalue weighted by molar-refractivity contribution is 9.10. The summed E-state index contributed by atoms with van der Waals surface area (Å²) in [6.07, 6.45) is -0.204. The van der Waals surface area contributed by atoms with E-state index < -0.39 is 16.0 Å². The molecule has 1 aromatic heterocycles. The van der Waals surface area contributed by atoms with Crippen molar-refractivity contribution in [3.63, 3.8) is 0 Å². The van der Waals surface area contributed by atoms with Crippen molar-refractivity contribution in [2.24, 2.45) is 0 Å². The summed E-state index contributed by atoms with van der Waals surface area (Å²) in [6, 6.07) is 7.55. The summed E-state index contributed by atoms with van der Waals surface area (Å²) < 4.78 is 27.5. The molecule has 0 aliphatic rings. The van der Waals surface area contributed by atoms with Gasteiger partial charge in [-0.15, -0.1) is 11.3 Å². The summed E-state index contributed by atoms with van der Waals surface area (Å²) in [5, 5.41) is 9.08. The van der Waals surface area contributed by atoms with Crippen LogP contribution in [0.15, 0.2) is 39.0 Å². The second-order valence-electron chi connectivity index (χ2n) is 4.03. The SMILES string of the molecule is O=C(O)Cc1ccc(S(=O)(=O)Nc2ccc(Br)c(Cl)c2)s1. The number of rotatable bonds is 5. The number of nitrogens with one attached hydrogen (secondary N) is 1. The number of hydrogen-bond donors (Lipinski definition) is 2. The Balaban J connectivity index is 2.23. The second kappa shape index (κ2) is 6.35. The van der Waals surface area contributed by atoms with Gasteiger partial charge in [-0.1, -0.05) is 11.6 Å². The number of hydrogen-bond acceptors (Lipinski definition) is 4. The molecule has 0 amide bonds. The number of thiophene rings is 1. The van der Waals surface area contributed by atoms with Crippen molar-refractivity contribution in [2.75, 3.05) is 4.72 Å². The average molecular weight is 411 g/mol. The molecule has 0 aliphatic heterocycles. The minimum atomic E-state index is -3.76. The van der Waals surface area contributed by atoms with Crippen molar-refractivity contribution >= 4 is 60.5 Å². The summed E-state index contributed by atoms with van der Waals surface area (Å²) in [5.74, 6) is -1.01. The minimum absolute atomic E-state index is 0.0535. The van der Waals surface area contributed by atoms with Crippen LogP contribution < -0.4 is 4.72 Å². The molecule has 0 unspecified atom stereocenters. The van der Waals surface area contributed by atoms with E-state index in [1.165, 1.54) is 18.2 Å². The number of benzene rings is 1. The summed E-state index contributed by atoms with van der Waals surface area (Å²) in [7, 11) is -3.76. The van der Waals surface area contributed by atoms with Gasteiger partial charge in [-0.2, -0.15) is 0 Å². The predicted octanol–water partition coefficient (Wildman–Crippen LogP) is 3.59. The highest BCUT2D eigenvalue weighted by Crippen LogP contribution is 2.28. The van der Waals surface area contributed by atoms with Gasteiger partial charge in [0.1, 0.15) is 4.21 Å². The molecule has 0 aliphatic carbocycles. The largest absolute Gasteiger partial charge is 0.481 e. The molecular weight excluding hydrogens is 402 g/mol. The summed E-state index contributed by atoms with van der Waals surface area (Å²) >= 11 is 10.0. The fourth-order valence-electron chi connectivity index (χ4n) is 1.51. The molecule has 0 saturated heterocycles. The Bertz CT molecular complexity index is 788. The van der Waals surface area contributed by atoms with Gasteiger partial charge in [-0.05, 0) is 46.3 Å². The van der Waals surface area contributed by atoms with E-state index in [0.29, 0.717) is 20.1 Å². The maximum Gasteiger partial charge on any atom is 0.308 e. The van der Waals surface area contributed by atoms with Crippen LogP contribution in [0.3, 0.4) is 0 Å². The third-order valence-electron chi connectivity index (χ3n) is 2.40. The highest BCUT2D eigenvalue weighted by Gasteiger charge is 2.18. The van der Waals surface area contributed by atoms with E-state index >= 15 is 0 Å². The van der Waals surface area contributed by atoms with Gasteiger partial charge in [0.25, 0.3) is 10.0 Å². The van der Waals surface area contributed by atoms with Gasteiger partial charge >= 0.3 is 5.97 Å². The van der Waals surface area contributed by atoms with Crippen LogP contribution in [0.5, 0.6) is 0 Å². The van der Waals surface area contributed by atoms with Gasteiger partial charge < -0.3 is 5.11 Å². The minimum Gasteiger partial charge on any atom is -0.481 e. The predicted molar refractivity (Wildman–Crippen MR) is 85.6 cm³/mol. The lowest BCUT2D eigenvalue weighted by Crippen LogP contribution is -2.11. The Morgan fingerprint density at radius 2 is 2.05 bits per heavy atom. The number of aliphatic carboxylic acids is 1. The third kappa shape index (κ3) is 4.19. The second-order valence-corrected chi connectivity index (χ2v) is 8.36.